The van der Waals surface area contributed by atoms with E-state index in [1.165, 1.54) is 6.92 Å². The second kappa shape index (κ2) is 15.0. The molecule has 0 heterocycles. The number of esters is 1. The molecule has 0 aliphatic carbocycles. The average molecular weight is 488 g/mol. The van der Waals surface area contributed by atoms with Crippen molar-refractivity contribution >= 4 is 46.7 Å². The summed E-state index contributed by atoms with van der Waals surface area (Å²) >= 11 is 11.8. The minimum absolute atomic E-state index is 0.181. The second-order valence-corrected chi connectivity index (χ2v) is 8.69. The standard InChI is InChI=1S/C23H35Cl2N3O4/c1-5-32-23(31)21(14-16(2)3)27-22(30)20(26-17(4)29)15-18-6-8-19(9-7-18)28(12-10-24)13-11-25/h6-9,16,20-21H,5,10-15H2,1-4H3,(H,26,29)(H,27,30)/t20-,21-/m1/s1. The van der Waals surface area contributed by atoms with Crippen molar-refractivity contribution in [3.63, 3.8) is 0 Å². The van der Waals surface area contributed by atoms with Gasteiger partial charge in [-0.1, -0.05) is 26.0 Å². The summed E-state index contributed by atoms with van der Waals surface area (Å²) in [7, 11) is 0. The minimum atomic E-state index is -0.816. The molecule has 0 unspecified atom stereocenters. The lowest BCUT2D eigenvalue weighted by Crippen LogP contribution is -2.52. The summed E-state index contributed by atoms with van der Waals surface area (Å²) < 4.78 is 5.10. The number of nitrogens with zero attached hydrogens (tertiary/aromatic N) is 1. The van der Waals surface area contributed by atoms with Gasteiger partial charge in [0.1, 0.15) is 12.1 Å². The third-order valence-electron chi connectivity index (χ3n) is 4.74. The van der Waals surface area contributed by atoms with Crippen LogP contribution in [-0.4, -0.2) is 61.3 Å². The summed E-state index contributed by atoms with van der Waals surface area (Å²) in [6, 6.07) is 6.12. The molecular weight excluding hydrogens is 453 g/mol. The van der Waals surface area contributed by atoms with E-state index >= 15 is 0 Å². The molecule has 0 fully saturated rings. The fourth-order valence-corrected chi connectivity index (χ4v) is 3.72. The Kier molecular flexibility index (Phi) is 13.1. The van der Waals surface area contributed by atoms with Crippen molar-refractivity contribution in [1.82, 2.24) is 10.6 Å². The first-order valence-corrected chi connectivity index (χ1v) is 12.0. The van der Waals surface area contributed by atoms with Gasteiger partial charge in [0.05, 0.1) is 6.61 Å². The predicted octanol–water partition coefficient (Wildman–Crippen LogP) is 3.11. The Bertz CT molecular complexity index is 722. The van der Waals surface area contributed by atoms with Gasteiger partial charge in [-0.3, -0.25) is 9.59 Å². The van der Waals surface area contributed by atoms with Crippen LogP contribution in [-0.2, 0) is 25.5 Å². The Morgan fingerprint density at radius 3 is 2.06 bits per heavy atom. The number of carbonyl (C=O) groups excluding carboxylic acids is 3. The molecule has 0 spiro atoms. The van der Waals surface area contributed by atoms with Gasteiger partial charge in [0.2, 0.25) is 11.8 Å². The van der Waals surface area contributed by atoms with Gasteiger partial charge >= 0.3 is 5.97 Å². The molecule has 0 saturated heterocycles. The largest absolute Gasteiger partial charge is 0.464 e. The first-order chi connectivity index (χ1) is 15.2. The Morgan fingerprint density at radius 1 is 1.00 bits per heavy atom. The van der Waals surface area contributed by atoms with E-state index in [4.69, 9.17) is 27.9 Å². The van der Waals surface area contributed by atoms with Gasteiger partial charge < -0.3 is 20.3 Å². The Hall–Kier alpha value is -1.99. The van der Waals surface area contributed by atoms with Crippen LogP contribution in [0.3, 0.4) is 0 Å². The van der Waals surface area contributed by atoms with Crippen LogP contribution in [0, 0.1) is 5.92 Å². The Labute approximate surface area is 201 Å². The van der Waals surface area contributed by atoms with Crippen LogP contribution >= 0.6 is 23.2 Å². The number of hydrogen-bond acceptors (Lipinski definition) is 5. The van der Waals surface area contributed by atoms with Gasteiger partial charge in [-0.2, -0.15) is 0 Å². The third kappa shape index (κ3) is 10.1. The quantitative estimate of drug-likeness (QED) is 0.311. The summed E-state index contributed by atoms with van der Waals surface area (Å²) in [5, 5.41) is 5.44. The molecule has 0 aromatic heterocycles. The number of benzene rings is 1. The number of nitrogens with one attached hydrogen (secondary N) is 2. The minimum Gasteiger partial charge on any atom is -0.464 e. The van der Waals surface area contributed by atoms with Crippen LogP contribution in [0.5, 0.6) is 0 Å². The molecule has 0 bridgehead atoms. The smallest absolute Gasteiger partial charge is 0.328 e. The lowest BCUT2D eigenvalue weighted by Gasteiger charge is -2.24. The zero-order chi connectivity index (χ0) is 24.1. The molecule has 1 aromatic carbocycles. The second-order valence-electron chi connectivity index (χ2n) is 7.93. The van der Waals surface area contributed by atoms with Crippen molar-refractivity contribution in [1.29, 1.82) is 0 Å². The molecule has 32 heavy (non-hydrogen) atoms. The van der Waals surface area contributed by atoms with Crippen LogP contribution in [0.15, 0.2) is 24.3 Å². The fourth-order valence-electron chi connectivity index (χ4n) is 3.31. The van der Waals surface area contributed by atoms with Crippen molar-refractivity contribution in [3.05, 3.63) is 29.8 Å². The van der Waals surface area contributed by atoms with Gasteiger partial charge in [0.25, 0.3) is 0 Å². The molecule has 1 rings (SSSR count). The van der Waals surface area contributed by atoms with E-state index in [1.54, 1.807) is 6.92 Å². The first kappa shape index (κ1) is 28.0. The van der Waals surface area contributed by atoms with Gasteiger partial charge in [0.15, 0.2) is 0 Å². The molecule has 0 aliphatic heterocycles. The van der Waals surface area contributed by atoms with E-state index in [9.17, 15) is 14.4 Å². The highest BCUT2D eigenvalue weighted by Gasteiger charge is 2.28. The zero-order valence-corrected chi connectivity index (χ0v) is 20.8. The van der Waals surface area contributed by atoms with Crippen LogP contribution in [0.25, 0.3) is 0 Å². The van der Waals surface area contributed by atoms with Crippen molar-refractivity contribution in [2.45, 2.75) is 52.6 Å². The number of halogens is 2. The maximum Gasteiger partial charge on any atom is 0.328 e. The van der Waals surface area contributed by atoms with Crippen molar-refractivity contribution in [3.8, 4) is 0 Å². The number of rotatable bonds is 14. The number of carbonyl (C=O) groups is 3. The number of amides is 2. The number of alkyl halides is 2. The van der Waals surface area contributed by atoms with Gasteiger partial charge in [0, 0.05) is 43.9 Å². The van der Waals surface area contributed by atoms with Crippen molar-refractivity contribution in [2.75, 3.05) is 36.4 Å². The molecule has 9 heteroatoms. The van der Waals surface area contributed by atoms with Gasteiger partial charge in [-0.05, 0) is 37.0 Å². The molecule has 7 nitrogen and oxygen atoms in total. The molecule has 2 N–H and O–H groups in total. The number of anilines is 1. The zero-order valence-electron chi connectivity index (χ0n) is 19.3. The molecule has 2 atom stereocenters. The Balaban J connectivity index is 2.96. The monoisotopic (exact) mass is 487 g/mol. The van der Waals surface area contributed by atoms with Crippen LogP contribution in [0.4, 0.5) is 5.69 Å². The molecule has 0 saturated carbocycles. The van der Waals surface area contributed by atoms with Gasteiger partial charge in [-0.25, -0.2) is 4.79 Å². The molecular formula is C23H35Cl2N3O4. The highest BCUT2D eigenvalue weighted by molar-refractivity contribution is 6.18. The van der Waals surface area contributed by atoms with Crippen LogP contribution in [0.1, 0.15) is 39.7 Å². The highest BCUT2D eigenvalue weighted by Crippen LogP contribution is 2.17. The summed E-state index contributed by atoms with van der Waals surface area (Å²) in [5.41, 5.74) is 1.85. The summed E-state index contributed by atoms with van der Waals surface area (Å²) in [6.07, 6.45) is 0.733. The normalized spacial score (nSPS) is 12.7. The lowest BCUT2D eigenvalue weighted by molar-refractivity contribution is -0.148. The average Bonchev–Trinajstić information content (AvgIpc) is 2.72. The molecule has 0 aliphatic rings. The summed E-state index contributed by atoms with van der Waals surface area (Å²) in [5.74, 6) is -0.0646. The number of ether oxygens (including phenoxy) is 1. The predicted molar refractivity (Wildman–Crippen MR) is 129 cm³/mol. The maximum atomic E-state index is 13.0. The summed E-state index contributed by atoms with van der Waals surface area (Å²) in [4.78, 5) is 39.0. The van der Waals surface area contributed by atoms with Crippen LogP contribution in [0.2, 0.25) is 0 Å². The maximum absolute atomic E-state index is 13.0. The van der Waals surface area contributed by atoms with Crippen molar-refractivity contribution < 1.29 is 19.1 Å². The first-order valence-electron chi connectivity index (χ1n) is 10.9. The van der Waals surface area contributed by atoms with E-state index in [2.05, 4.69) is 15.5 Å². The van der Waals surface area contributed by atoms with E-state index < -0.39 is 24.0 Å². The molecule has 2 amide bonds. The van der Waals surface area contributed by atoms with Crippen LogP contribution < -0.4 is 15.5 Å². The highest BCUT2D eigenvalue weighted by atomic mass is 35.5. The lowest BCUT2D eigenvalue weighted by atomic mass is 10.0. The van der Waals surface area contributed by atoms with E-state index in [0.717, 1.165) is 11.3 Å². The summed E-state index contributed by atoms with van der Waals surface area (Å²) in [6.45, 7) is 8.58. The fraction of sp³-hybridized carbons (Fsp3) is 0.609. The SMILES string of the molecule is CCOC(=O)[C@@H](CC(C)C)NC(=O)[C@@H](Cc1ccc(N(CCCl)CCCl)cc1)NC(C)=O. The number of hydrogen-bond donors (Lipinski definition) is 2. The van der Waals surface area contributed by atoms with E-state index in [0.29, 0.717) is 31.3 Å². The van der Waals surface area contributed by atoms with Crippen molar-refractivity contribution in [2.24, 2.45) is 5.92 Å². The van der Waals surface area contributed by atoms with E-state index in [-0.39, 0.29) is 24.9 Å². The van der Waals surface area contributed by atoms with E-state index in [1.807, 2.05) is 38.1 Å². The van der Waals surface area contributed by atoms with Gasteiger partial charge in [-0.15, -0.1) is 23.2 Å². The molecule has 0 radical (unpaired) electrons. The third-order valence-corrected chi connectivity index (χ3v) is 5.08. The Morgan fingerprint density at radius 2 is 1.59 bits per heavy atom. The molecule has 180 valence electrons. The topological polar surface area (TPSA) is 87.7 Å². The molecule has 1 aromatic rings.